The molecule has 1 atom stereocenters. The zero-order chi connectivity index (χ0) is 30.9. The van der Waals surface area contributed by atoms with Gasteiger partial charge in [-0.25, -0.2) is 17.5 Å². The zero-order valence-electron chi connectivity index (χ0n) is 25.7. The maximum Gasteiger partial charge on any atom is 0.410 e. The number of hydrogen-bond donors (Lipinski definition) is 0. The smallest absolute Gasteiger partial charge is 0.410 e. The standard InChI is InChI=1S/C35H45N3O4S/c1-29(2)26-38(34(39)42-27-30-14-8-5-9-15-30)32-20-23-37(24-21-32)25-22-35(3,31-16-10-6-11-17-31)28-36(4)43(40,41)33-18-12-7-13-19-33/h5-19,32H,1,20-28H2,2-4H3. The number of likely N-dealkylation sites (N-methyl/N-ethyl adjacent to an activating group) is 1. The van der Waals surface area contributed by atoms with Gasteiger partial charge in [-0.3, -0.25) is 0 Å². The molecule has 1 saturated heterocycles. The molecule has 4 rings (SSSR count). The molecule has 0 aliphatic carbocycles. The SMILES string of the molecule is C=C(C)CN(C(=O)OCc1ccccc1)C1CCN(CCC(C)(CN(C)S(=O)(=O)c2ccccc2)c2ccccc2)CC1. The molecule has 0 N–H and O–H groups in total. The Hall–Kier alpha value is -3.46. The first-order valence-electron chi connectivity index (χ1n) is 15.0. The van der Waals surface area contributed by atoms with E-state index in [-0.39, 0.29) is 24.2 Å². The number of carbonyl (C=O) groups excluding carboxylic acids is 1. The number of benzene rings is 3. The number of amides is 1. The first-order valence-corrected chi connectivity index (χ1v) is 16.4. The fourth-order valence-electron chi connectivity index (χ4n) is 5.80. The third kappa shape index (κ3) is 8.78. The summed E-state index contributed by atoms with van der Waals surface area (Å²) in [5.74, 6) is 0. The van der Waals surface area contributed by atoms with E-state index in [0.717, 1.165) is 55.6 Å². The predicted molar refractivity (Wildman–Crippen MR) is 172 cm³/mol. The molecule has 0 bridgehead atoms. The molecule has 1 heterocycles. The van der Waals surface area contributed by atoms with Crippen LogP contribution in [0.2, 0.25) is 0 Å². The van der Waals surface area contributed by atoms with Crippen LogP contribution >= 0.6 is 0 Å². The Labute approximate surface area is 257 Å². The van der Waals surface area contributed by atoms with Crippen LogP contribution in [0.15, 0.2) is 108 Å². The van der Waals surface area contributed by atoms with Gasteiger partial charge >= 0.3 is 6.09 Å². The third-order valence-corrected chi connectivity index (χ3v) is 10.2. The minimum Gasteiger partial charge on any atom is -0.445 e. The highest BCUT2D eigenvalue weighted by atomic mass is 32.2. The van der Waals surface area contributed by atoms with Gasteiger partial charge in [0, 0.05) is 44.7 Å². The van der Waals surface area contributed by atoms with Gasteiger partial charge in [-0.05, 0) is 56.0 Å². The van der Waals surface area contributed by atoms with E-state index in [1.807, 2.05) is 66.4 Å². The van der Waals surface area contributed by atoms with Crippen molar-refractivity contribution in [2.45, 2.75) is 56.1 Å². The number of likely N-dealkylation sites (tertiary alicyclic amines) is 1. The van der Waals surface area contributed by atoms with Crippen molar-refractivity contribution < 1.29 is 17.9 Å². The molecule has 0 radical (unpaired) electrons. The van der Waals surface area contributed by atoms with Gasteiger partial charge in [0.15, 0.2) is 0 Å². The summed E-state index contributed by atoms with van der Waals surface area (Å²) in [4.78, 5) is 17.7. The van der Waals surface area contributed by atoms with Crippen LogP contribution in [0.1, 0.15) is 44.2 Å². The summed E-state index contributed by atoms with van der Waals surface area (Å²) in [5, 5.41) is 0. The van der Waals surface area contributed by atoms with Gasteiger partial charge in [0.25, 0.3) is 0 Å². The summed E-state index contributed by atoms with van der Waals surface area (Å²) in [6, 6.07) is 28.6. The number of piperidine rings is 1. The van der Waals surface area contributed by atoms with Crippen LogP contribution in [0.4, 0.5) is 4.79 Å². The van der Waals surface area contributed by atoms with E-state index in [4.69, 9.17) is 4.74 Å². The topological polar surface area (TPSA) is 70.2 Å². The second-order valence-corrected chi connectivity index (χ2v) is 14.0. The molecule has 0 aromatic heterocycles. The molecule has 1 amide bonds. The lowest BCUT2D eigenvalue weighted by molar-refractivity contribution is 0.0635. The lowest BCUT2D eigenvalue weighted by Crippen LogP contribution is -2.49. The molecule has 1 aliphatic heterocycles. The Morgan fingerprint density at radius 2 is 1.51 bits per heavy atom. The van der Waals surface area contributed by atoms with Gasteiger partial charge in [-0.2, -0.15) is 0 Å². The number of carbonyl (C=O) groups is 1. The molecular formula is C35H45N3O4S. The number of rotatable bonds is 13. The lowest BCUT2D eigenvalue weighted by atomic mass is 9.79. The van der Waals surface area contributed by atoms with Crippen molar-refractivity contribution in [2.75, 3.05) is 39.8 Å². The van der Waals surface area contributed by atoms with Crippen LogP contribution in [0.25, 0.3) is 0 Å². The van der Waals surface area contributed by atoms with E-state index in [0.29, 0.717) is 18.0 Å². The summed E-state index contributed by atoms with van der Waals surface area (Å²) in [6.45, 7) is 11.8. The van der Waals surface area contributed by atoms with E-state index >= 15 is 0 Å². The van der Waals surface area contributed by atoms with Crippen LogP contribution in [-0.2, 0) is 26.8 Å². The van der Waals surface area contributed by atoms with Crippen LogP contribution in [0, 0.1) is 0 Å². The van der Waals surface area contributed by atoms with Crippen molar-refractivity contribution in [3.63, 3.8) is 0 Å². The molecule has 3 aromatic rings. The normalized spacial score (nSPS) is 16.0. The van der Waals surface area contributed by atoms with E-state index < -0.39 is 10.0 Å². The zero-order valence-corrected chi connectivity index (χ0v) is 26.5. The van der Waals surface area contributed by atoms with Gasteiger partial charge in [-0.1, -0.05) is 97.9 Å². The molecule has 230 valence electrons. The monoisotopic (exact) mass is 603 g/mol. The number of sulfonamides is 1. The first-order chi connectivity index (χ1) is 20.6. The molecule has 7 nitrogen and oxygen atoms in total. The van der Waals surface area contributed by atoms with E-state index in [1.165, 1.54) is 4.31 Å². The Bertz CT molecular complexity index is 1430. The number of hydrogen-bond acceptors (Lipinski definition) is 5. The Morgan fingerprint density at radius 3 is 2.09 bits per heavy atom. The van der Waals surface area contributed by atoms with Crippen molar-refractivity contribution in [2.24, 2.45) is 0 Å². The highest BCUT2D eigenvalue weighted by Crippen LogP contribution is 2.31. The largest absolute Gasteiger partial charge is 0.445 e. The molecule has 3 aromatic carbocycles. The molecule has 0 spiro atoms. The number of nitrogens with zero attached hydrogens (tertiary/aromatic N) is 3. The second-order valence-electron chi connectivity index (χ2n) is 11.9. The van der Waals surface area contributed by atoms with Gasteiger partial charge in [0.2, 0.25) is 10.0 Å². The highest BCUT2D eigenvalue weighted by molar-refractivity contribution is 7.89. The maximum absolute atomic E-state index is 13.4. The second kappa shape index (κ2) is 14.8. The number of ether oxygens (including phenoxy) is 1. The van der Waals surface area contributed by atoms with Gasteiger partial charge < -0.3 is 14.5 Å². The molecule has 8 heteroatoms. The van der Waals surface area contributed by atoms with E-state index in [9.17, 15) is 13.2 Å². The molecule has 43 heavy (non-hydrogen) atoms. The van der Waals surface area contributed by atoms with Crippen LogP contribution in [0.5, 0.6) is 0 Å². The average Bonchev–Trinajstić information content (AvgIpc) is 3.03. The quantitative estimate of drug-likeness (QED) is 0.214. The summed E-state index contributed by atoms with van der Waals surface area (Å²) < 4.78 is 33.9. The average molecular weight is 604 g/mol. The van der Waals surface area contributed by atoms with Gasteiger partial charge in [-0.15, -0.1) is 0 Å². The van der Waals surface area contributed by atoms with Crippen LogP contribution < -0.4 is 0 Å². The Morgan fingerprint density at radius 1 is 0.953 bits per heavy atom. The Balaban J connectivity index is 1.38. The fraction of sp³-hybridized carbons (Fsp3) is 0.400. The van der Waals surface area contributed by atoms with Crippen molar-refractivity contribution in [1.82, 2.24) is 14.1 Å². The highest BCUT2D eigenvalue weighted by Gasteiger charge is 2.34. The molecule has 1 fully saturated rings. The minimum atomic E-state index is -3.62. The van der Waals surface area contributed by atoms with Crippen LogP contribution in [-0.4, -0.2) is 74.4 Å². The fourth-order valence-corrected chi connectivity index (χ4v) is 7.12. The van der Waals surface area contributed by atoms with Crippen LogP contribution in [0.3, 0.4) is 0 Å². The maximum atomic E-state index is 13.4. The van der Waals surface area contributed by atoms with Crippen molar-refractivity contribution in [3.8, 4) is 0 Å². The van der Waals surface area contributed by atoms with Crippen molar-refractivity contribution in [1.29, 1.82) is 0 Å². The predicted octanol–water partition coefficient (Wildman–Crippen LogP) is 6.33. The molecular weight excluding hydrogens is 558 g/mol. The molecule has 1 unspecified atom stereocenters. The van der Waals surface area contributed by atoms with Gasteiger partial charge in [0.1, 0.15) is 6.61 Å². The summed E-state index contributed by atoms with van der Waals surface area (Å²) in [7, 11) is -1.95. The molecule has 0 saturated carbocycles. The Kier molecular flexibility index (Phi) is 11.2. The lowest BCUT2D eigenvalue weighted by Gasteiger charge is -2.40. The van der Waals surface area contributed by atoms with E-state index in [2.05, 4.69) is 30.5 Å². The summed E-state index contributed by atoms with van der Waals surface area (Å²) in [5.41, 5.74) is 2.62. The van der Waals surface area contributed by atoms with Crippen molar-refractivity contribution >= 4 is 16.1 Å². The van der Waals surface area contributed by atoms with E-state index in [1.54, 1.807) is 31.3 Å². The third-order valence-electron chi connectivity index (χ3n) is 8.35. The van der Waals surface area contributed by atoms with Gasteiger partial charge in [0.05, 0.1) is 4.90 Å². The summed E-state index contributed by atoms with van der Waals surface area (Å²) >= 11 is 0. The summed E-state index contributed by atoms with van der Waals surface area (Å²) in [6.07, 6.45) is 2.19. The minimum absolute atomic E-state index is 0.0823. The molecule has 1 aliphatic rings. The first kappa shape index (κ1) is 32.5. The van der Waals surface area contributed by atoms with Crippen molar-refractivity contribution in [3.05, 3.63) is 114 Å².